The Labute approximate surface area is 178 Å². The lowest BCUT2D eigenvalue weighted by atomic mass is 10.1. The molecule has 0 N–H and O–H groups in total. The number of ketones is 1. The van der Waals surface area contributed by atoms with Gasteiger partial charge in [-0.05, 0) is 46.7 Å². The van der Waals surface area contributed by atoms with Gasteiger partial charge >= 0.3 is 5.97 Å². The van der Waals surface area contributed by atoms with Gasteiger partial charge in [0.05, 0.1) is 0 Å². The van der Waals surface area contributed by atoms with E-state index in [-0.39, 0.29) is 11.7 Å². The van der Waals surface area contributed by atoms with Crippen LogP contribution in [0.5, 0.6) is 0 Å². The number of rotatable bonds is 8. The molecule has 0 spiro atoms. The molecule has 9 heteroatoms. The van der Waals surface area contributed by atoms with Crippen LogP contribution in [0.15, 0.2) is 60.9 Å². The highest BCUT2D eigenvalue weighted by atomic mass is 16.5. The van der Waals surface area contributed by atoms with E-state index in [9.17, 15) is 14.4 Å². The molecule has 3 aromatic rings. The molecule has 1 fully saturated rings. The maximum atomic E-state index is 12.7. The predicted octanol–water partition coefficient (Wildman–Crippen LogP) is 2.01. The molecule has 9 nitrogen and oxygen atoms in total. The number of anilines is 1. The molecule has 1 aromatic heterocycles. The van der Waals surface area contributed by atoms with Crippen molar-refractivity contribution in [1.82, 2.24) is 20.2 Å². The second-order valence-corrected chi connectivity index (χ2v) is 7.22. The van der Waals surface area contributed by atoms with Crippen LogP contribution in [0.2, 0.25) is 0 Å². The number of ether oxygens (including phenoxy) is 1. The lowest BCUT2D eigenvalue weighted by molar-refractivity contribution is -0.146. The molecule has 1 aliphatic heterocycles. The van der Waals surface area contributed by atoms with E-state index in [1.807, 2.05) is 30.3 Å². The van der Waals surface area contributed by atoms with E-state index >= 15 is 0 Å². The summed E-state index contributed by atoms with van der Waals surface area (Å²) in [6.45, 7) is 0.290. The molecule has 2 aromatic carbocycles. The molecule has 1 atom stereocenters. The van der Waals surface area contributed by atoms with Gasteiger partial charge < -0.3 is 9.64 Å². The first-order chi connectivity index (χ1) is 15.1. The van der Waals surface area contributed by atoms with Gasteiger partial charge in [0.2, 0.25) is 5.91 Å². The first-order valence-electron chi connectivity index (χ1n) is 9.98. The van der Waals surface area contributed by atoms with Crippen LogP contribution in [0, 0.1) is 0 Å². The second kappa shape index (κ2) is 9.29. The van der Waals surface area contributed by atoms with Gasteiger partial charge in [-0.1, -0.05) is 30.3 Å². The first-order valence-corrected chi connectivity index (χ1v) is 9.98. The number of carbonyl (C=O) groups is 3. The number of hydrogen-bond acceptors (Lipinski definition) is 7. The highest BCUT2D eigenvalue weighted by Gasteiger charge is 2.25. The lowest BCUT2D eigenvalue weighted by Gasteiger charge is -2.16. The summed E-state index contributed by atoms with van der Waals surface area (Å²) in [5.41, 5.74) is 2.08. The Morgan fingerprint density at radius 2 is 1.84 bits per heavy atom. The van der Waals surface area contributed by atoms with Crippen molar-refractivity contribution < 1.29 is 19.1 Å². The van der Waals surface area contributed by atoms with Crippen molar-refractivity contribution in [1.29, 1.82) is 0 Å². The number of tetrazole rings is 1. The van der Waals surface area contributed by atoms with Crippen molar-refractivity contribution in [2.75, 3.05) is 18.1 Å². The van der Waals surface area contributed by atoms with Gasteiger partial charge in [0.15, 0.2) is 18.4 Å². The molecule has 0 radical (unpaired) electrons. The number of Topliss-reactive ketones (excluding diaryl/α,β-unsaturated/α-hetero) is 1. The molecule has 0 saturated carbocycles. The smallest absolute Gasteiger partial charge is 0.331 e. The number of esters is 1. The molecule has 1 saturated heterocycles. The summed E-state index contributed by atoms with van der Waals surface area (Å²) in [6.07, 6.45) is 3.05. The number of hydrogen-bond donors (Lipinski definition) is 0. The standard InChI is InChI=1S/C22H21N5O4/c28-20(17-8-10-18(11-9-17)26-12-4-7-21(26)29)14-31-22(30)19(27-15-23-24-25-27)13-16-5-2-1-3-6-16/h1-3,5-6,8-11,15,19H,4,7,12-14H2/t19-/m1/s1. The van der Waals surface area contributed by atoms with Gasteiger partial charge in [-0.3, -0.25) is 9.59 Å². The second-order valence-electron chi connectivity index (χ2n) is 7.22. The third kappa shape index (κ3) is 4.82. The van der Waals surface area contributed by atoms with Crippen LogP contribution < -0.4 is 4.90 Å². The van der Waals surface area contributed by atoms with Gasteiger partial charge in [0.25, 0.3) is 0 Å². The Morgan fingerprint density at radius 1 is 1.06 bits per heavy atom. The molecule has 31 heavy (non-hydrogen) atoms. The fourth-order valence-corrected chi connectivity index (χ4v) is 3.50. The van der Waals surface area contributed by atoms with Crippen LogP contribution in [0.3, 0.4) is 0 Å². The fraction of sp³-hybridized carbons (Fsp3) is 0.273. The van der Waals surface area contributed by atoms with E-state index in [1.165, 1.54) is 11.0 Å². The van der Waals surface area contributed by atoms with E-state index in [2.05, 4.69) is 15.5 Å². The number of carbonyl (C=O) groups excluding carboxylic acids is 3. The van der Waals surface area contributed by atoms with Gasteiger partial charge in [-0.15, -0.1) is 5.10 Å². The molecular weight excluding hydrogens is 398 g/mol. The highest BCUT2D eigenvalue weighted by Crippen LogP contribution is 2.22. The van der Waals surface area contributed by atoms with Crippen LogP contribution in [0.1, 0.15) is 34.8 Å². The molecule has 1 amide bonds. The summed E-state index contributed by atoms with van der Waals surface area (Å²) in [5, 5.41) is 11.0. The van der Waals surface area contributed by atoms with E-state index < -0.39 is 18.6 Å². The van der Waals surface area contributed by atoms with Crippen molar-refractivity contribution in [3.05, 3.63) is 72.1 Å². The SMILES string of the molecule is O=C(COC(=O)[C@@H](Cc1ccccc1)n1cnnn1)c1ccc(N2CCCC2=O)cc1. The quantitative estimate of drug-likeness (QED) is 0.406. The zero-order chi connectivity index (χ0) is 21.6. The number of nitrogens with zero attached hydrogens (tertiary/aromatic N) is 5. The average molecular weight is 419 g/mol. The average Bonchev–Trinajstić information content (AvgIpc) is 3.48. The minimum Gasteiger partial charge on any atom is -0.456 e. The van der Waals surface area contributed by atoms with Crippen LogP contribution in [-0.4, -0.2) is 51.0 Å². The van der Waals surface area contributed by atoms with Crippen molar-refractivity contribution in [2.45, 2.75) is 25.3 Å². The molecule has 0 unspecified atom stereocenters. The van der Waals surface area contributed by atoms with Crippen LogP contribution >= 0.6 is 0 Å². The summed E-state index contributed by atoms with van der Waals surface area (Å²) in [4.78, 5) is 38.8. The number of aromatic nitrogens is 4. The third-order valence-electron chi connectivity index (χ3n) is 5.15. The molecular formula is C22H21N5O4. The topological polar surface area (TPSA) is 107 Å². The minimum absolute atomic E-state index is 0.0834. The Hall–Kier alpha value is -3.88. The summed E-state index contributed by atoms with van der Waals surface area (Å²) < 4.78 is 6.62. The summed E-state index contributed by atoms with van der Waals surface area (Å²) in [5.74, 6) is -0.841. The molecule has 2 heterocycles. The molecule has 158 valence electrons. The van der Waals surface area contributed by atoms with Crippen LogP contribution in [-0.2, 0) is 20.7 Å². The summed E-state index contributed by atoms with van der Waals surface area (Å²) in [6, 6.07) is 15.4. The molecule has 0 aliphatic carbocycles. The predicted molar refractivity (Wildman–Crippen MR) is 110 cm³/mol. The largest absolute Gasteiger partial charge is 0.456 e. The third-order valence-corrected chi connectivity index (χ3v) is 5.15. The van der Waals surface area contributed by atoms with E-state index in [0.717, 1.165) is 17.7 Å². The zero-order valence-electron chi connectivity index (χ0n) is 16.8. The van der Waals surface area contributed by atoms with Gasteiger partial charge in [-0.2, -0.15) is 0 Å². The maximum absolute atomic E-state index is 12.7. The first kappa shape index (κ1) is 20.4. The molecule has 0 bridgehead atoms. The minimum atomic E-state index is -0.784. The molecule has 1 aliphatic rings. The van der Waals surface area contributed by atoms with Crippen molar-refractivity contribution >= 4 is 23.3 Å². The van der Waals surface area contributed by atoms with Crippen LogP contribution in [0.25, 0.3) is 0 Å². The van der Waals surface area contributed by atoms with E-state index in [4.69, 9.17) is 4.74 Å². The number of amides is 1. The van der Waals surface area contributed by atoms with E-state index in [0.29, 0.717) is 24.9 Å². The zero-order valence-corrected chi connectivity index (χ0v) is 16.8. The van der Waals surface area contributed by atoms with Gasteiger partial charge in [-0.25, -0.2) is 9.48 Å². The lowest BCUT2D eigenvalue weighted by Crippen LogP contribution is -2.27. The molecule has 4 rings (SSSR count). The number of benzene rings is 2. The van der Waals surface area contributed by atoms with Crippen molar-refractivity contribution in [3.8, 4) is 0 Å². The van der Waals surface area contributed by atoms with Crippen molar-refractivity contribution in [3.63, 3.8) is 0 Å². The Bertz CT molecular complexity index is 1050. The Balaban J connectivity index is 1.39. The van der Waals surface area contributed by atoms with Crippen LogP contribution in [0.4, 0.5) is 5.69 Å². The Morgan fingerprint density at radius 3 is 2.48 bits per heavy atom. The van der Waals surface area contributed by atoms with Gasteiger partial charge in [0, 0.05) is 30.6 Å². The fourth-order valence-electron chi connectivity index (χ4n) is 3.50. The van der Waals surface area contributed by atoms with Gasteiger partial charge in [0.1, 0.15) is 6.33 Å². The monoisotopic (exact) mass is 419 g/mol. The Kier molecular flexibility index (Phi) is 6.11. The summed E-state index contributed by atoms with van der Waals surface area (Å²) >= 11 is 0. The van der Waals surface area contributed by atoms with E-state index in [1.54, 1.807) is 29.2 Å². The van der Waals surface area contributed by atoms with Crippen molar-refractivity contribution in [2.24, 2.45) is 0 Å². The maximum Gasteiger partial charge on any atom is 0.331 e. The normalized spacial score (nSPS) is 14.5. The summed E-state index contributed by atoms with van der Waals surface area (Å²) in [7, 11) is 0. The highest BCUT2D eigenvalue weighted by molar-refractivity contribution is 5.99.